The fraction of sp³-hybridized carbons (Fsp3) is 0.917. The molecular weight excluding hydrogens is 662 g/mol. The number of alkyl halides is 3. The second kappa shape index (κ2) is 49.2. The van der Waals surface area contributed by atoms with Crippen LogP contribution < -0.4 is 15.3 Å². The summed E-state index contributed by atoms with van der Waals surface area (Å²) in [6, 6.07) is 0. The number of hydrogen-bond donors (Lipinski definition) is 0. The molecule has 0 spiro atoms. The van der Waals surface area contributed by atoms with Gasteiger partial charge in [-0.1, -0.05) is 135 Å². The van der Waals surface area contributed by atoms with Crippen molar-refractivity contribution in [2.75, 3.05) is 17.6 Å². The van der Waals surface area contributed by atoms with Gasteiger partial charge in [0.05, 0.1) is 0 Å². The van der Waals surface area contributed by atoms with Crippen LogP contribution in [-0.4, -0.2) is 52.9 Å². The molecule has 10 heteroatoms. The smallest absolute Gasteiger partial charge is 0.550 e. The third-order valence-corrected chi connectivity index (χ3v) is 8.35. The molecule has 0 aliphatic heterocycles. The van der Waals surface area contributed by atoms with E-state index in [1.807, 2.05) is 0 Å². The van der Waals surface area contributed by atoms with E-state index in [0.29, 0.717) is 0 Å². The Morgan fingerprint density at radius 1 is 0.283 bits per heavy atom. The molecule has 0 saturated carbocycles. The average Bonchev–Trinajstić information content (AvgIpc) is 3.00. The fourth-order valence-electron chi connectivity index (χ4n) is 4.80. The first-order chi connectivity index (χ1) is 21.8. The van der Waals surface area contributed by atoms with Crippen LogP contribution in [0.25, 0.3) is 0 Å². The van der Waals surface area contributed by atoms with Crippen LogP contribution in [0, 0.1) is 0 Å². The van der Waals surface area contributed by atoms with Crippen molar-refractivity contribution < 1.29 is 29.7 Å². The van der Waals surface area contributed by atoms with Crippen LogP contribution >= 0.6 is 34.8 Å². The van der Waals surface area contributed by atoms with Crippen LogP contribution in [0.2, 0.25) is 0 Å². The van der Waals surface area contributed by atoms with Crippen molar-refractivity contribution in [1.29, 1.82) is 0 Å². The summed E-state index contributed by atoms with van der Waals surface area (Å²) in [5.41, 5.74) is 0. The number of rotatable bonds is 33. The summed E-state index contributed by atoms with van der Waals surface area (Å²) >= 11 is 16.7. The molecule has 0 aliphatic rings. The maximum atomic E-state index is 10.1. The standard InChI is InChI=1S/3C12H23ClO2.Al/c3*13-11-9-7-5-3-1-2-4-6-8-10-12(14)15;/h3*1-11H2,(H,14,15);/q;;;+3/p-3. The van der Waals surface area contributed by atoms with Gasteiger partial charge in [0.25, 0.3) is 0 Å². The second-order valence-corrected chi connectivity index (χ2v) is 13.1. The van der Waals surface area contributed by atoms with Gasteiger partial charge in [0.15, 0.2) is 0 Å². The molecule has 0 N–H and O–H groups in total. The van der Waals surface area contributed by atoms with Crippen molar-refractivity contribution in [3.8, 4) is 0 Å². The van der Waals surface area contributed by atoms with E-state index in [1.54, 1.807) is 0 Å². The molecule has 0 aliphatic carbocycles. The summed E-state index contributed by atoms with van der Waals surface area (Å²) in [6.07, 6.45) is 31.9. The van der Waals surface area contributed by atoms with Crippen molar-refractivity contribution in [3.05, 3.63) is 0 Å². The molecule has 46 heavy (non-hydrogen) atoms. The third-order valence-electron chi connectivity index (χ3n) is 7.54. The quantitative estimate of drug-likeness (QED) is 0.0382. The zero-order valence-electron chi connectivity index (χ0n) is 29.0. The molecule has 6 nitrogen and oxygen atoms in total. The molecule has 0 bridgehead atoms. The van der Waals surface area contributed by atoms with E-state index in [2.05, 4.69) is 0 Å². The van der Waals surface area contributed by atoms with Crippen molar-refractivity contribution in [2.45, 2.75) is 193 Å². The molecule has 0 atom stereocenters. The second-order valence-electron chi connectivity index (χ2n) is 12.0. The van der Waals surface area contributed by atoms with Gasteiger partial charge >= 0.3 is 17.4 Å². The first-order valence-electron chi connectivity index (χ1n) is 18.1. The van der Waals surface area contributed by atoms with E-state index >= 15 is 0 Å². The Hall–Kier alpha value is -0.188. The molecule has 0 rings (SSSR count). The predicted octanol–water partition coefficient (Wildman–Crippen LogP) is 8.25. The molecule has 0 radical (unpaired) electrons. The number of aliphatic carboxylic acids is 3. The van der Waals surface area contributed by atoms with Crippen molar-refractivity contribution >= 4 is 70.1 Å². The zero-order chi connectivity index (χ0) is 34.1. The monoisotopic (exact) mass is 726 g/mol. The minimum absolute atomic E-state index is 0. The average molecular weight is 728 g/mol. The number of carboxylic acid groups (broad SMARTS) is 3. The van der Waals surface area contributed by atoms with Gasteiger partial charge in [0, 0.05) is 35.5 Å². The summed E-state index contributed by atoms with van der Waals surface area (Å²) < 4.78 is 0. The van der Waals surface area contributed by atoms with Crippen LogP contribution in [0.3, 0.4) is 0 Å². The van der Waals surface area contributed by atoms with Gasteiger partial charge in [0.1, 0.15) is 0 Å². The van der Waals surface area contributed by atoms with E-state index in [1.165, 1.54) is 96.3 Å². The predicted molar refractivity (Wildman–Crippen MR) is 191 cm³/mol. The molecule has 0 amide bonds. The van der Waals surface area contributed by atoms with Gasteiger partial charge in [-0.3, -0.25) is 0 Å². The molecule has 0 heterocycles. The third kappa shape index (κ3) is 62.6. The van der Waals surface area contributed by atoms with Gasteiger partial charge < -0.3 is 29.7 Å². The molecule has 0 aromatic rings. The molecule has 0 saturated heterocycles. The van der Waals surface area contributed by atoms with Crippen molar-refractivity contribution in [2.24, 2.45) is 0 Å². The first-order valence-corrected chi connectivity index (χ1v) is 19.7. The number of carbonyl (C=O) groups is 3. The Kier molecular flexibility index (Phi) is 56.3. The molecule has 0 aromatic carbocycles. The van der Waals surface area contributed by atoms with Gasteiger partial charge in [-0.15, -0.1) is 34.8 Å². The van der Waals surface area contributed by atoms with Gasteiger partial charge in [-0.25, -0.2) is 0 Å². The Bertz CT molecular complexity index is 533. The van der Waals surface area contributed by atoms with Crippen LogP contribution in [0.5, 0.6) is 0 Å². The molecule has 0 fully saturated rings. The van der Waals surface area contributed by atoms with E-state index in [4.69, 9.17) is 34.8 Å². The molecular formula is C36H66AlCl3O6. The van der Waals surface area contributed by atoms with Gasteiger partial charge in [-0.2, -0.15) is 0 Å². The van der Waals surface area contributed by atoms with Crippen LogP contribution in [0.15, 0.2) is 0 Å². The van der Waals surface area contributed by atoms with E-state index < -0.39 is 17.9 Å². The van der Waals surface area contributed by atoms with E-state index in [9.17, 15) is 29.7 Å². The number of hydrogen-bond acceptors (Lipinski definition) is 6. The van der Waals surface area contributed by atoms with Crippen LogP contribution in [0.1, 0.15) is 193 Å². The molecule has 0 aromatic heterocycles. The minimum atomic E-state index is -0.920. The largest absolute Gasteiger partial charge is 3.00 e. The number of halogens is 3. The Labute approximate surface area is 308 Å². The van der Waals surface area contributed by atoms with E-state index in [-0.39, 0.29) is 36.6 Å². The number of unbranched alkanes of at least 4 members (excludes halogenated alkanes) is 24. The van der Waals surface area contributed by atoms with E-state index in [0.717, 1.165) is 94.7 Å². The summed E-state index contributed by atoms with van der Waals surface area (Å²) in [7, 11) is 0. The van der Waals surface area contributed by atoms with Crippen LogP contribution in [-0.2, 0) is 14.4 Å². The molecule has 0 unspecified atom stereocenters. The van der Waals surface area contributed by atoms with Gasteiger partial charge in [-0.05, 0) is 57.8 Å². The van der Waals surface area contributed by atoms with Crippen molar-refractivity contribution in [3.63, 3.8) is 0 Å². The Morgan fingerprint density at radius 2 is 0.413 bits per heavy atom. The summed E-state index contributed by atoms with van der Waals surface area (Å²) in [4.78, 5) is 30.3. The normalized spacial score (nSPS) is 10.2. The molecule has 270 valence electrons. The SMILES string of the molecule is O=C([O-])CCCCCCCCCCCCl.O=C([O-])CCCCCCCCCCCCl.O=C([O-])CCCCCCCCCCCCl.[Al+3]. The first kappa shape index (κ1) is 52.6. The minimum Gasteiger partial charge on any atom is -0.550 e. The maximum absolute atomic E-state index is 10.1. The zero-order valence-corrected chi connectivity index (χ0v) is 32.4. The van der Waals surface area contributed by atoms with Crippen molar-refractivity contribution in [1.82, 2.24) is 0 Å². The summed E-state index contributed by atoms with van der Waals surface area (Å²) in [5.74, 6) is -0.418. The fourth-order valence-corrected chi connectivity index (χ4v) is 5.37. The number of carboxylic acids is 3. The Balaban J connectivity index is -0.000000285. The van der Waals surface area contributed by atoms with Crippen LogP contribution in [0.4, 0.5) is 0 Å². The topological polar surface area (TPSA) is 120 Å². The number of carbonyl (C=O) groups excluding carboxylic acids is 3. The maximum Gasteiger partial charge on any atom is 3.00 e. The summed E-state index contributed by atoms with van der Waals surface area (Å²) in [5, 5.41) is 30.3. The van der Waals surface area contributed by atoms with Gasteiger partial charge in [0.2, 0.25) is 0 Å². The Morgan fingerprint density at radius 3 is 0.543 bits per heavy atom. The summed E-state index contributed by atoms with van der Waals surface area (Å²) in [6.45, 7) is 0.